The number of allylic oxidation sites excluding steroid dienone is 9. The van der Waals surface area contributed by atoms with E-state index in [-0.39, 0.29) is 26.4 Å². The lowest BCUT2D eigenvalue weighted by Crippen LogP contribution is -2.30. The molecule has 0 heterocycles. The first-order chi connectivity index (χ1) is 19.7. The molecule has 1 aliphatic rings. The Bertz CT molecular complexity index is 1350. The average Bonchev–Trinajstić information content (AvgIpc) is 3.28. The van der Waals surface area contributed by atoms with Crippen molar-refractivity contribution in [2.45, 2.75) is 59.8 Å². The van der Waals surface area contributed by atoms with E-state index < -0.39 is 5.41 Å². The second-order valence-corrected chi connectivity index (χ2v) is 10.4. The van der Waals surface area contributed by atoms with Gasteiger partial charge in [-0.25, -0.2) is 0 Å². The molecule has 0 bridgehead atoms. The lowest BCUT2D eigenvalue weighted by molar-refractivity contribution is 0.145. The number of benzene rings is 2. The van der Waals surface area contributed by atoms with E-state index in [2.05, 4.69) is 88.6 Å². The molecule has 0 radical (unpaired) electrons. The van der Waals surface area contributed by atoms with Crippen LogP contribution < -0.4 is 0 Å². The van der Waals surface area contributed by atoms with Crippen molar-refractivity contribution in [3.8, 4) is 11.1 Å². The van der Waals surface area contributed by atoms with Crippen molar-refractivity contribution in [3.63, 3.8) is 0 Å². The van der Waals surface area contributed by atoms with Crippen molar-refractivity contribution >= 4 is 0 Å². The Morgan fingerprint density at radius 1 is 0.829 bits per heavy atom. The summed E-state index contributed by atoms with van der Waals surface area (Å²) in [6, 6.07) is 13.7. The number of hydrogen-bond acceptors (Lipinski definition) is 4. The van der Waals surface area contributed by atoms with Gasteiger partial charge < -0.3 is 19.7 Å². The molecule has 0 saturated carbocycles. The van der Waals surface area contributed by atoms with E-state index in [9.17, 15) is 10.2 Å². The molecular weight excluding hydrogens is 508 g/mol. The number of fused-ring (bicyclic) bond motifs is 3. The number of aliphatic hydroxyl groups excluding tert-OH is 2. The van der Waals surface area contributed by atoms with E-state index in [1.165, 1.54) is 33.4 Å². The van der Waals surface area contributed by atoms with Gasteiger partial charge in [0.2, 0.25) is 0 Å². The molecule has 1 aliphatic carbocycles. The molecule has 0 saturated heterocycles. The topological polar surface area (TPSA) is 58.9 Å². The van der Waals surface area contributed by atoms with Crippen molar-refractivity contribution < 1.29 is 19.7 Å². The Morgan fingerprint density at radius 2 is 1.37 bits per heavy atom. The van der Waals surface area contributed by atoms with Gasteiger partial charge in [0.15, 0.2) is 0 Å². The monoisotopic (exact) mass is 554 g/mol. The van der Waals surface area contributed by atoms with Crippen LogP contribution in [0.25, 0.3) is 11.1 Å². The molecule has 0 fully saturated rings. The summed E-state index contributed by atoms with van der Waals surface area (Å²) in [5, 5.41) is 18.6. The highest BCUT2D eigenvalue weighted by Gasteiger charge is 2.47. The third kappa shape index (κ3) is 6.34. The zero-order chi connectivity index (χ0) is 30.2. The number of aryl methyl sites for hydroxylation is 2. The number of rotatable bonds is 14. The molecule has 4 nitrogen and oxygen atoms in total. The minimum absolute atomic E-state index is 0.0398. The molecule has 0 amide bonds. The molecule has 4 heteroatoms. The first-order valence-electron chi connectivity index (χ1n) is 14.5. The second kappa shape index (κ2) is 14.3. The van der Waals surface area contributed by atoms with Gasteiger partial charge in [0.25, 0.3) is 0 Å². The van der Waals surface area contributed by atoms with Gasteiger partial charge in [0.1, 0.15) is 19.0 Å². The summed E-state index contributed by atoms with van der Waals surface area (Å²) in [6.07, 6.45) is 10.3. The third-order valence-electron chi connectivity index (χ3n) is 8.00. The smallest absolute Gasteiger partial charge is 0.115 e. The minimum atomic E-state index is -0.656. The van der Waals surface area contributed by atoms with Crippen LogP contribution in [0.4, 0.5) is 0 Å². The summed E-state index contributed by atoms with van der Waals surface area (Å²) in [4.78, 5) is 0. The molecule has 2 aromatic carbocycles. The predicted octanol–water partition coefficient (Wildman–Crippen LogP) is 7.91. The van der Waals surface area contributed by atoms with Crippen LogP contribution in [0, 0.1) is 0 Å². The highest BCUT2D eigenvalue weighted by Crippen LogP contribution is 2.58. The first-order valence-corrected chi connectivity index (χ1v) is 14.5. The standard InChI is InChI=1S/C37H46O4/c1-9-29-13-15-35-33(23-29)34-24-30(10-2)14-16-36(34)37(35,31(11-3)21-25(5)27(7)40-19-17-38)32(12-4)22-26(6)28(8)41-20-18-39/h11-16,21-24,38-39H,3,8-10,17-20H2,1-2,4-7H3/b26-22-,27-25+,31-21+,32-12+. The van der Waals surface area contributed by atoms with Crippen molar-refractivity contribution in [2.24, 2.45) is 0 Å². The van der Waals surface area contributed by atoms with Crippen LogP contribution in [-0.2, 0) is 27.7 Å². The van der Waals surface area contributed by atoms with Crippen LogP contribution in [0.1, 0.15) is 63.8 Å². The fourth-order valence-electron chi connectivity index (χ4n) is 5.63. The zero-order valence-corrected chi connectivity index (χ0v) is 25.6. The Morgan fingerprint density at radius 3 is 1.83 bits per heavy atom. The van der Waals surface area contributed by atoms with E-state index in [1.807, 2.05) is 26.8 Å². The Labute approximate surface area is 246 Å². The van der Waals surface area contributed by atoms with Crippen LogP contribution in [0.3, 0.4) is 0 Å². The highest BCUT2D eigenvalue weighted by atomic mass is 16.5. The first kappa shape index (κ1) is 31.9. The molecule has 0 atom stereocenters. The van der Waals surface area contributed by atoms with Crippen LogP contribution in [0.15, 0.2) is 108 Å². The molecule has 0 aliphatic heterocycles. The molecule has 218 valence electrons. The number of hydrogen-bond donors (Lipinski definition) is 2. The van der Waals surface area contributed by atoms with Crippen LogP contribution in [-0.4, -0.2) is 36.6 Å². The quantitative estimate of drug-likeness (QED) is 0.184. The van der Waals surface area contributed by atoms with Gasteiger partial charge >= 0.3 is 0 Å². The van der Waals surface area contributed by atoms with E-state index in [4.69, 9.17) is 9.47 Å². The third-order valence-corrected chi connectivity index (χ3v) is 8.00. The van der Waals surface area contributed by atoms with E-state index in [1.54, 1.807) is 0 Å². The Balaban J connectivity index is 2.46. The average molecular weight is 555 g/mol. The molecule has 2 N–H and O–H groups in total. The minimum Gasteiger partial charge on any atom is -0.496 e. The van der Waals surface area contributed by atoms with E-state index in [0.717, 1.165) is 40.9 Å². The SMILES string of the molecule is C=C/C(=C\C(C)=C(/C)OCCO)C1(C(/C=C(/C)C(=C)OCCO)=C/C)c2ccc(CC)cc2-c2cc(CC)ccc21. The lowest BCUT2D eigenvalue weighted by Gasteiger charge is -2.36. The van der Waals surface area contributed by atoms with Crippen molar-refractivity contribution in [1.29, 1.82) is 0 Å². The molecule has 3 rings (SSSR count). The van der Waals surface area contributed by atoms with Gasteiger partial charge in [-0.05, 0) is 96.2 Å². The van der Waals surface area contributed by atoms with Crippen molar-refractivity contribution in [2.75, 3.05) is 26.4 Å². The Kier molecular flexibility index (Phi) is 11.2. The van der Waals surface area contributed by atoms with Gasteiger partial charge in [-0.15, -0.1) is 0 Å². The van der Waals surface area contributed by atoms with Gasteiger partial charge in [-0.3, -0.25) is 0 Å². The molecule has 0 aromatic heterocycles. The van der Waals surface area contributed by atoms with Gasteiger partial charge in [-0.1, -0.05) is 87.7 Å². The fourth-order valence-corrected chi connectivity index (χ4v) is 5.63. The maximum absolute atomic E-state index is 9.31. The summed E-state index contributed by atoms with van der Waals surface area (Å²) >= 11 is 0. The van der Waals surface area contributed by atoms with Crippen LogP contribution in [0.5, 0.6) is 0 Å². The van der Waals surface area contributed by atoms with Crippen molar-refractivity contribution in [1.82, 2.24) is 0 Å². The van der Waals surface area contributed by atoms with Crippen LogP contribution >= 0.6 is 0 Å². The van der Waals surface area contributed by atoms with Crippen LogP contribution in [0.2, 0.25) is 0 Å². The maximum Gasteiger partial charge on any atom is 0.115 e. The van der Waals surface area contributed by atoms with Crippen molar-refractivity contribution in [3.05, 3.63) is 130 Å². The molecular formula is C37H46O4. The van der Waals surface area contributed by atoms with Gasteiger partial charge in [0, 0.05) is 0 Å². The summed E-state index contributed by atoms with van der Waals surface area (Å²) in [5.74, 6) is 1.29. The zero-order valence-electron chi connectivity index (χ0n) is 25.6. The summed E-state index contributed by atoms with van der Waals surface area (Å²) in [7, 11) is 0. The second-order valence-electron chi connectivity index (χ2n) is 10.4. The largest absolute Gasteiger partial charge is 0.496 e. The Hall–Kier alpha value is -3.60. The molecule has 0 unspecified atom stereocenters. The lowest BCUT2D eigenvalue weighted by atomic mass is 9.65. The van der Waals surface area contributed by atoms with E-state index in [0.29, 0.717) is 5.76 Å². The maximum atomic E-state index is 9.31. The summed E-state index contributed by atoms with van der Waals surface area (Å²) in [6.45, 7) is 21.2. The molecule has 0 spiro atoms. The number of ether oxygens (including phenoxy) is 2. The predicted molar refractivity (Wildman–Crippen MR) is 171 cm³/mol. The van der Waals surface area contributed by atoms with E-state index >= 15 is 0 Å². The summed E-state index contributed by atoms with van der Waals surface area (Å²) < 4.78 is 11.5. The summed E-state index contributed by atoms with van der Waals surface area (Å²) in [5.41, 5.74) is 10.7. The highest BCUT2D eigenvalue weighted by molar-refractivity contribution is 5.88. The van der Waals surface area contributed by atoms with Gasteiger partial charge in [0.05, 0.1) is 24.4 Å². The number of aliphatic hydroxyl groups is 2. The molecule has 41 heavy (non-hydrogen) atoms. The fraction of sp³-hybridized carbons (Fsp3) is 0.351. The normalized spacial score (nSPS) is 15.2. The molecule has 2 aromatic rings. The van der Waals surface area contributed by atoms with Gasteiger partial charge in [-0.2, -0.15) is 0 Å².